The molecule has 6 heavy (non-hydrogen) atoms. The lowest BCUT2D eigenvalue weighted by molar-refractivity contribution is 1.09. The maximum atomic E-state index is 2.29. The van der Waals surface area contributed by atoms with E-state index in [0.717, 1.165) is 0 Å². The van der Waals surface area contributed by atoms with Crippen molar-refractivity contribution in [3.05, 3.63) is 0 Å². The van der Waals surface area contributed by atoms with Crippen LogP contribution in [0, 0.1) is 0 Å². The van der Waals surface area contributed by atoms with E-state index >= 15 is 0 Å². The predicted octanol–water partition coefficient (Wildman–Crippen LogP) is 2.86. The highest BCUT2D eigenvalue weighted by atomic mass is 127. The van der Waals surface area contributed by atoms with E-state index in [-0.39, 0.29) is 0 Å². The van der Waals surface area contributed by atoms with Gasteiger partial charge >= 0.3 is 0 Å². The van der Waals surface area contributed by atoms with Gasteiger partial charge in [0.2, 0.25) is 0 Å². The summed E-state index contributed by atoms with van der Waals surface area (Å²) in [7, 11) is 0. The molecule has 0 radical (unpaired) electrons. The monoisotopic (exact) mass is 200 g/mol. The SMILES string of the molecule is CCC.CCI. The van der Waals surface area contributed by atoms with Crippen LogP contribution in [0.2, 0.25) is 0 Å². The van der Waals surface area contributed by atoms with Gasteiger partial charge < -0.3 is 0 Å². The average Bonchev–Trinajstić information content (AvgIpc) is 1.39. The minimum atomic E-state index is 1.22. The van der Waals surface area contributed by atoms with Crippen molar-refractivity contribution in [3.8, 4) is 0 Å². The molecule has 0 fully saturated rings. The maximum Gasteiger partial charge on any atom is -0.00332 e. The Kier molecular flexibility index (Phi) is 28.3. The normalized spacial score (nSPS) is 6.00. The molecule has 0 rings (SSSR count). The summed E-state index contributed by atoms with van der Waals surface area (Å²) in [4.78, 5) is 0. The Morgan fingerprint density at radius 1 is 1.17 bits per heavy atom. The number of hydrogen-bond donors (Lipinski definition) is 0. The Balaban J connectivity index is 0. The molecule has 0 aromatic carbocycles. The first-order valence-corrected chi connectivity index (χ1v) is 3.91. The van der Waals surface area contributed by atoms with E-state index in [0.29, 0.717) is 0 Å². The van der Waals surface area contributed by atoms with Gasteiger partial charge in [0.15, 0.2) is 0 Å². The lowest BCUT2D eigenvalue weighted by atomic mass is 10.6. The van der Waals surface area contributed by atoms with Crippen molar-refractivity contribution in [1.29, 1.82) is 0 Å². The number of alkyl halides is 1. The Morgan fingerprint density at radius 3 is 1.17 bits per heavy atom. The molecule has 0 nitrogen and oxygen atoms in total. The van der Waals surface area contributed by atoms with E-state index in [1.807, 2.05) is 0 Å². The van der Waals surface area contributed by atoms with Crippen LogP contribution in [-0.4, -0.2) is 4.43 Å². The summed E-state index contributed by atoms with van der Waals surface area (Å²) in [5.41, 5.74) is 0. The lowest BCUT2D eigenvalue weighted by Crippen LogP contribution is -1.33. The average molecular weight is 200 g/mol. The van der Waals surface area contributed by atoms with E-state index < -0.39 is 0 Å². The highest BCUT2D eigenvalue weighted by Crippen LogP contribution is 1.69. The van der Waals surface area contributed by atoms with Gasteiger partial charge in [-0.25, -0.2) is 0 Å². The third kappa shape index (κ3) is 123. The molecule has 0 spiro atoms. The third-order valence-electron chi connectivity index (χ3n) is 0. The molecule has 0 aliphatic rings. The van der Waals surface area contributed by atoms with Crippen molar-refractivity contribution >= 4 is 22.6 Å². The second-order valence-corrected chi connectivity index (χ2v) is 2.50. The van der Waals surface area contributed by atoms with Crippen molar-refractivity contribution in [2.45, 2.75) is 27.2 Å². The summed E-state index contributed by atoms with van der Waals surface area (Å²) in [5, 5.41) is 0. The zero-order valence-electron chi connectivity index (χ0n) is 4.79. The van der Waals surface area contributed by atoms with E-state index in [2.05, 4.69) is 43.4 Å². The van der Waals surface area contributed by atoms with Gasteiger partial charge in [0.25, 0.3) is 0 Å². The summed E-state index contributed by atoms with van der Waals surface area (Å²) in [6.45, 7) is 6.36. The molecule has 0 amide bonds. The van der Waals surface area contributed by atoms with Gasteiger partial charge in [0, 0.05) is 0 Å². The van der Waals surface area contributed by atoms with Crippen LogP contribution in [0.25, 0.3) is 0 Å². The molecule has 0 aliphatic heterocycles. The topological polar surface area (TPSA) is 0 Å². The predicted molar refractivity (Wildman–Crippen MR) is 40.5 cm³/mol. The molecule has 0 aromatic rings. The minimum Gasteiger partial charge on any atom is -0.0867 e. The zero-order valence-corrected chi connectivity index (χ0v) is 6.95. The van der Waals surface area contributed by atoms with Crippen molar-refractivity contribution < 1.29 is 0 Å². The van der Waals surface area contributed by atoms with Crippen LogP contribution in [0.4, 0.5) is 0 Å². The fourth-order valence-corrected chi connectivity index (χ4v) is 0. The van der Waals surface area contributed by atoms with Crippen LogP contribution in [0.5, 0.6) is 0 Å². The standard InChI is InChI=1S/C3H8.C2H5I/c1-3-2;1-2-3/h3H2,1-2H3;2H2,1H3. The lowest BCUT2D eigenvalue weighted by Gasteiger charge is -1.48. The summed E-state index contributed by atoms with van der Waals surface area (Å²) in [5.74, 6) is 0. The van der Waals surface area contributed by atoms with Crippen molar-refractivity contribution in [2.75, 3.05) is 4.43 Å². The van der Waals surface area contributed by atoms with Gasteiger partial charge in [0.1, 0.15) is 0 Å². The second kappa shape index (κ2) is 17.2. The van der Waals surface area contributed by atoms with Gasteiger partial charge in [-0.2, -0.15) is 0 Å². The highest BCUT2D eigenvalue weighted by Gasteiger charge is 1.38. The Bertz CT molecular complexity index is 5.90. The first kappa shape index (κ1) is 9.88. The molecule has 0 unspecified atom stereocenters. The van der Waals surface area contributed by atoms with Crippen LogP contribution in [0.1, 0.15) is 27.2 Å². The third-order valence-corrected chi connectivity index (χ3v) is 0. The molecule has 0 aliphatic carbocycles. The minimum absolute atomic E-state index is 1.22. The molecule has 0 saturated heterocycles. The van der Waals surface area contributed by atoms with E-state index in [1.54, 1.807) is 0 Å². The summed E-state index contributed by atoms with van der Waals surface area (Å²) < 4.78 is 1.22. The molecule has 0 heterocycles. The molecule has 0 saturated carbocycles. The maximum absolute atomic E-state index is 2.29. The highest BCUT2D eigenvalue weighted by molar-refractivity contribution is 14.1. The summed E-state index contributed by atoms with van der Waals surface area (Å²) in [6, 6.07) is 0. The Labute approximate surface area is 54.5 Å². The fourth-order valence-electron chi connectivity index (χ4n) is 0. The summed E-state index contributed by atoms with van der Waals surface area (Å²) >= 11 is 2.29. The number of halogens is 1. The van der Waals surface area contributed by atoms with Crippen LogP contribution < -0.4 is 0 Å². The van der Waals surface area contributed by atoms with Gasteiger partial charge in [-0.1, -0.05) is 49.8 Å². The molecule has 40 valence electrons. The quantitative estimate of drug-likeness (QED) is 0.416. The van der Waals surface area contributed by atoms with Gasteiger partial charge in [-0.3, -0.25) is 0 Å². The van der Waals surface area contributed by atoms with Gasteiger partial charge in [-0.05, 0) is 4.43 Å². The largest absolute Gasteiger partial charge is 0.0867 e. The number of rotatable bonds is 0. The molecule has 0 bridgehead atoms. The van der Waals surface area contributed by atoms with Gasteiger partial charge in [-0.15, -0.1) is 0 Å². The van der Waals surface area contributed by atoms with Crippen molar-refractivity contribution in [1.82, 2.24) is 0 Å². The van der Waals surface area contributed by atoms with Gasteiger partial charge in [0.05, 0.1) is 0 Å². The van der Waals surface area contributed by atoms with Crippen LogP contribution in [0.15, 0.2) is 0 Å². The van der Waals surface area contributed by atoms with Crippen molar-refractivity contribution in [2.24, 2.45) is 0 Å². The first-order valence-electron chi connectivity index (χ1n) is 2.39. The van der Waals surface area contributed by atoms with E-state index in [9.17, 15) is 0 Å². The van der Waals surface area contributed by atoms with Crippen LogP contribution >= 0.6 is 22.6 Å². The Morgan fingerprint density at radius 2 is 1.17 bits per heavy atom. The Hall–Kier alpha value is 0.730. The molecular formula is C5H13I. The van der Waals surface area contributed by atoms with Crippen LogP contribution in [-0.2, 0) is 0 Å². The molecule has 0 atom stereocenters. The molecule has 0 aromatic heterocycles. The second-order valence-electron chi connectivity index (χ2n) is 0.974. The summed E-state index contributed by atoms with van der Waals surface area (Å²) in [6.07, 6.45) is 1.25. The molecule has 1 heteroatoms. The van der Waals surface area contributed by atoms with E-state index in [4.69, 9.17) is 0 Å². The smallest absolute Gasteiger partial charge is 0.00332 e. The van der Waals surface area contributed by atoms with E-state index in [1.165, 1.54) is 10.8 Å². The zero-order chi connectivity index (χ0) is 5.41. The molecular weight excluding hydrogens is 187 g/mol. The number of hydrogen-bond acceptors (Lipinski definition) is 0. The fraction of sp³-hybridized carbons (Fsp3) is 1.00. The van der Waals surface area contributed by atoms with Crippen molar-refractivity contribution in [3.63, 3.8) is 0 Å². The van der Waals surface area contributed by atoms with Crippen LogP contribution in [0.3, 0.4) is 0 Å². The first-order chi connectivity index (χ1) is 2.83. The molecule has 0 N–H and O–H groups in total.